The number of hydrogen-bond donors (Lipinski definition) is 1. The maximum Gasteiger partial charge on any atom is 0.305 e. The van der Waals surface area contributed by atoms with E-state index >= 15 is 0 Å². The second kappa shape index (κ2) is 7.39. The van der Waals surface area contributed by atoms with Gasteiger partial charge in [0.25, 0.3) is 0 Å². The van der Waals surface area contributed by atoms with Gasteiger partial charge in [0.1, 0.15) is 6.54 Å². The van der Waals surface area contributed by atoms with Crippen molar-refractivity contribution in [2.45, 2.75) is 31.5 Å². The second-order valence-electron chi connectivity index (χ2n) is 5.90. The number of hydrogen-bond acceptors (Lipinski definition) is 6. The fraction of sp³-hybridized carbons (Fsp3) is 0.438. The second-order valence-corrected chi connectivity index (χ2v) is 5.90. The Hall–Kier alpha value is -2.81. The number of likely N-dealkylation sites (tertiary alicyclic amines) is 1. The molecule has 1 aliphatic heterocycles. The van der Waals surface area contributed by atoms with Crippen LogP contribution in [0, 0.1) is 0 Å². The number of methoxy groups -OCH3 is 1. The summed E-state index contributed by atoms with van der Waals surface area (Å²) in [5.41, 5.74) is 0.811. The van der Waals surface area contributed by atoms with E-state index in [1.54, 1.807) is 7.11 Å². The van der Waals surface area contributed by atoms with E-state index in [1.807, 2.05) is 30.3 Å². The van der Waals surface area contributed by atoms with Crippen LogP contribution < -0.4 is 0 Å². The zero-order valence-electron chi connectivity index (χ0n) is 13.8. The Bertz CT molecular complexity index is 748. The van der Waals surface area contributed by atoms with Crippen molar-refractivity contribution in [3.8, 4) is 11.4 Å². The van der Waals surface area contributed by atoms with Crippen LogP contribution in [0.15, 0.2) is 30.3 Å². The molecule has 1 aromatic carbocycles. The first-order valence-corrected chi connectivity index (χ1v) is 7.94. The molecular weight excluding hydrogens is 326 g/mol. The Morgan fingerprint density at radius 1 is 1.32 bits per heavy atom. The highest BCUT2D eigenvalue weighted by Gasteiger charge is 2.36. The number of benzene rings is 1. The van der Waals surface area contributed by atoms with E-state index in [-0.39, 0.29) is 31.0 Å². The molecular formula is C16H19N5O4. The fourth-order valence-electron chi connectivity index (χ4n) is 2.97. The van der Waals surface area contributed by atoms with Gasteiger partial charge in [-0.25, -0.2) is 0 Å². The molecule has 2 aromatic rings. The van der Waals surface area contributed by atoms with Gasteiger partial charge in [0.2, 0.25) is 11.7 Å². The van der Waals surface area contributed by atoms with Gasteiger partial charge < -0.3 is 14.7 Å². The third kappa shape index (κ3) is 4.00. The highest BCUT2D eigenvalue weighted by Crippen LogP contribution is 2.23. The number of carbonyl (C=O) groups is 2. The summed E-state index contributed by atoms with van der Waals surface area (Å²) in [7, 11) is 1.56. The first-order chi connectivity index (χ1) is 12.1. The lowest BCUT2D eigenvalue weighted by Crippen LogP contribution is -2.39. The summed E-state index contributed by atoms with van der Waals surface area (Å²) in [4.78, 5) is 26.3. The highest BCUT2D eigenvalue weighted by atomic mass is 16.5. The third-order valence-electron chi connectivity index (χ3n) is 4.20. The van der Waals surface area contributed by atoms with Gasteiger partial charge in [-0.15, -0.1) is 10.2 Å². The van der Waals surface area contributed by atoms with Crippen molar-refractivity contribution in [2.24, 2.45) is 0 Å². The van der Waals surface area contributed by atoms with Crippen LogP contribution in [0.4, 0.5) is 0 Å². The van der Waals surface area contributed by atoms with Gasteiger partial charge in [-0.1, -0.05) is 30.3 Å². The molecule has 9 heteroatoms. The number of rotatable bonds is 6. The van der Waals surface area contributed by atoms with Crippen LogP contribution in [0.2, 0.25) is 0 Å². The summed E-state index contributed by atoms with van der Waals surface area (Å²) in [6.45, 7) is 0.278. The number of carboxylic acid groups (broad SMARTS) is 1. The lowest BCUT2D eigenvalue weighted by Gasteiger charge is -2.22. The molecule has 2 heterocycles. The Kier molecular flexibility index (Phi) is 5.03. The average molecular weight is 345 g/mol. The highest BCUT2D eigenvalue weighted by molar-refractivity contribution is 5.78. The molecule has 1 amide bonds. The van der Waals surface area contributed by atoms with Crippen LogP contribution in [0.3, 0.4) is 0 Å². The lowest BCUT2D eigenvalue weighted by molar-refractivity contribution is -0.140. The van der Waals surface area contributed by atoms with Crippen molar-refractivity contribution in [3.05, 3.63) is 30.3 Å². The SMILES string of the molecule is COC1CC(CC(=O)O)N(C(=O)Cn2nnc(-c3ccccc3)n2)C1. The van der Waals surface area contributed by atoms with Gasteiger partial charge in [-0.05, 0) is 11.6 Å². The molecule has 2 atom stereocenters. The minimum absolute atomic E-state index is 0.0909. The van der Waals surface area contributed by atoms with Crippen LogP contribution >= 0.6 is 0 Å². The van der Waals surface area contributed by atoms with Crippen LogP contribution in [-0.4, -0.2) is 67.9 Å². The fourth-order valence-corrected chi connectivity index (χ4v) is 2.97. The maximum absolute atomic E-state index is 12.6. The van der Waals surface area contributed by atoms with Crippen LogP contribution in [0.1, 0.15) is 12.8 Å². The van der Waals surface area contributed by atoms with E-state index in [0.29, 0.717) is 18.8 Å². The molecule has 132 valence electrons. The first-order valence-electron chi connectivity index (χ1n) is 7.94. The molecule has 0 aliphatic carbocycles. The quantitative estimate of drug-likeness (QED) is 0.808. The number of carboxylic acids is 1. The van der Waals surface area contributed by atoms with Gasteiger partial charge in [0.15, 0.2) is 0 Å². The number of ether oxygens (including phenoxy) is 1. The maximum atomic E-state index is 12.6. The zero-order chi connectivity index (χ0) is 17.8. The van der Waals surface area contributed by atoms with Crippen molar-refractivity contribution < 1.29 is 19.4 Å². The Morgan fingerprint density at radius 3 is 2.76 bits per heavy atom. The number of carbonyl (C=O) groups excluding carboxylic acids is 1. The van der Waals surface area contributed by atoms with Crippen LogP contribution in [0.25, 0.3) is 11.4 Å². The number of aliphatic carboxylic acids is 1. The van der Waals surface area contributed by atoms with Crippen molar-refractivity contribution >= 4 is 11.9 Å². The first kappa shape index (κ1) is 17.0. The number of tetrazole rings is 1. The van der Waals surface area contributed by atoms with Gasteiger partial charge in [0.05, 0.1) is 12.5 Å². The largest absolute Gasteiger partial charge is 0.481 e. The summed E-state index contributed by atoms with van der Waals surface area (Å²) in [5.74, 6) is -0.751. The normalized spacial score (nSPS) is 20.0. The predicted octanol–water partition coefficient (Wildman–Crippen LogP) is 0.431. The van der Waals surface area contributed by atoms with E-state index in [2.05, 4.69) is 15.4 Å². The molecule has 1 saturated heterocycles. The van der Waals surface area contributed by atoms with E-state index in [9.17, 15) is 9.59 Å². The molecule has 1 fully saturated rings. The zero-order valence-corrected chi connectivity index (χ0v) is 13.8. The monoisotopic (exact) mass is 345 g/mol. The molecule has 0 radical (unpaired) electrons. The Morgan fingerprint density at radius 2 is 2.08 bits per heavy atom. The Balaban J connectivity index is 1.69. The van der Waals surface area contributed by atoms with Gasteiger partial charge in [-0.2, -0.15) is 4.80 Å². The number of amides is 1. The molecule has 3 rings (SSSR count). The molecule has 25 heavy (non-hydrogen) atoms. The van der Waals surface area contributed by atoms with Crippen molar-refractivity contribution in [3.63, 3.8) is 0 Å². The Labute approximate surface area is 144 Å². The summed E-state index contributed by atoms with van der Waals surface area (Å²) in [6, 6.07) is 8.96. The molecule has 0 bridgehead atoms. The topological polar surface area (TPSA) is 110 Å². The van der Waals surface area contributed by atoms with Crippen LogP contribution in [0.5, 0.6) is 0 Å². The van der Waals surface area contributed by atoms with Crippen LogP contribution in [-0.2, 0) is 20.9 Å². The standard InChI is InChI=1S/C16H19N5O4/c1-25-13-7-12(8-15(23)24)20(9-13)14(22)10-21-18-16(17-19-21)11-5-3-2-4-6-11/h2-6,12-13H,7-10H2,1H3,(H,23,24). The molecule has 2 unspecified atom stereocenters. The summed E-state index contributed by atoms with van der Waals surface area (Å²) in [5, 5.41) is 21.1. The third-order valence-corrected chi connectivity index (χ3v) is 4.20. The molecule has 1 N–H and O–H groups in total. The molecule has 1 aliphatic rings. The minimum atomic E-state index is -0.940. The van der Waals surface area contributed by atoms with Gasteiger partial charge in [-0.3, -0.25) is 9.59 Å². The minimum Gasteiger partial charge on any atom is -0.481 e. The van der Waals surface area contributed by atoms with E-state index in [4.69, 9.17) is 9.84 Å². The lowest BCUT2D eigenvalue weighted by atomic mass is 10.1. The molecule has 1 aromatic heterocycles. The van der Waals surface area contributed by atoms with E-state index in [0.717, 1.165) is 5.56 Å². The predicted molar refractivity (Wildman–Crippen MR) is 86.4 cm³/mol. The molecule has 9 nitrogen and oxygen atoms in total. The summed E-state index contributed by atoms with van der Waals surface area (Å²) < 4.78 is 5.28. The van der Waals surface area contributed by atoms with Gasteiger partial charge >= 0.3 is 5.97 Å². The smallest absolute Gasteiger partial charge is 0.305 e. The van der Waals surface area contributed by atoms with Crippen molar-refractivity contribution in [1.29, 1.82) is 0 Å². The van der Waals surface area contributed by atoms with Crippen molar-refractivity contribution in [1.82, 2.24) is 25.1 Å². The molecule has 0 saturated carbocycles. The van der Waals surface area contributed by atoms with Gasteiger partial charge in [0, 0.05) is 25.3 Å². The molecule has 0 spiro atoms. The summed E-state index contributed by atoms with van der Waals surface area (Å²) >= 11 is 0. The van der Waals surface area contributed by atoms with E-state index < -0.39 is 5.97 Å². The summed E-state index contributed by atoms with van der Waals surface area (Å²) in [6.07, 6.45) is 0.247. The average Bonchev–Trinajstić information content (AvgIpc) is 3.22. The van der Waals surface area contributed by atoms with Crippen molar-refractivity contribution in [2.75, 3.05) is 13.7 Å². The number of aromatic nitrogens is 4. The number of nitrogens with zero attached hydrogens (tertiary/aromatic N) is 5. The van der Waals surface area contributed by atoms with E-state index in [1.165, 1.54) is 9.70 Å².